The maximum absolute atomic E-state index is 12.7. The van der Waals surface area contributed by atoms with Gasteiger partial charge in [-0.25, -0.2) is 0 Å². The van der Waals surface area contributed by atoms with Crippen molar-refractivity contribution in [3.8, 4) is 0 Å². The number of amides is 2. The number of benzene rings is 1. The normalized spacial score (nSPS) is 19.0. The molecule has 1 aromatic rings. The Morgan fingerprint density at radius 3 is 2.58 bits per heavy atom. The van der Waals surface area contributed by atoms with Crippen LogP contribution in [-0.4, -0.2) is 47.6 Å². The first kappa shape index (κ1) is 18.5. The van der Waals surface area contributed by atoms with Crippen molar-refractivity contribution in [2.45, 2.75) is 46.1 Å². The summed E-state index contributed by atoms with van der Waals surface area (Å²) in [6.07, 6.45) is 1.77. The molecule has 132 valence electrons. The maximum atomic E-state index is 12.7. The number of hydrogen-bond donors (Lipinski definition) is 2. The Morgan fingerprint density at radius 2 is 1.96 bits per heavy atom. The molecule has 1 heterocycles. The molecule has 5 nitrogen and oxygen atoms in total. The number of nitrogens with zero attached hydrogens (tertiary/aromatic N) is 1. The predicted molar refractivity (Wildman–Crippen MR) is 93.9 cm³/mol. The standard InChI is InChI=1S/C19H28N2O3/c1-13-9-14(2)11-17(10-13)19(24)21-8-4-5-16(12-21)18(23)20-7-6-15(3)22/h9-11,15-16,22H,4-8,12H2,1-3H3,(H,20,23)/t15-,16-/m1/s1. The van der Waals surface area contributed by atoms with E-state index in [1.165, 1.54) is 0 Å². The van der Waals surface area contributed by atoms with Gasteiger partial charge in [0.2, 0.25) is 5.91 Å². The van der Waals surface area contributed by atoms with Gasteiger partial charge in [0, 0.05) is 25.2 Å². The second-order valence-corrected chi connectivity index (χ2v) is 6.90. The summed E-state index contributed by atoms with van der Waals surface area (Å²) in [6, 6.07) is 5.86. The number of aryl methyl sites for hydroxylation is 2. The first-order valence-electron chi connectivity index (χ1n) is 8.70. The predicted octanol–water partition coefficient (Wildman–Crippen LogP) is 2.04. The highest BCUT2D eigenvalue weighted by atomic mass is 16.3. The van der Waals surface area contributed by atoms with E-state index < -0.39 is 6.10 Å². The SMILES string of the molecule is Cc1cc(C)cc(C(=O)N2CCC[C@@H](C(=O)NCC[C@@H](C)O)C2)c1. The number of likely N-dealkylation sites (tertiary alicyclic amines) is 1. The van der Waals surface area contributed by atoms with E-state index in [-0.39, 0.29) is 17.7 Å². The zero-order chi connectivity index (χ0) is 17.7. The van der Waals surface area contributed by atoms with Crippen LogP contribution in [0.2, 0.25) is 0 Å². The van der Waals surface area contributed by atoms with Crippen LogP contribution in [0, 0.1) is 19.8 Å². The smallest absolute Gasteiger partial charge is 0.253 e. The van der Waals surface area contributed by atoms with Crippen molar-refractivity contribution in [2.24, 2.45) is 5.92 Å². The average molecular weight is 332 g/mol. The molecule has 2 N–H and O–H groups in total. The minimum absolute atomic E-state index is 0.00304. The molecule has 1 aliphatic heterocycles. The summed E-state index contributed by atoms with van der Waals surface area (Å²) >= 11 is 0. The van der Waals surface area contributed by atoms with Crippen molar-refractivity contribution in [1.82, 2.24) is 10.2 Å². The summed E-state index contributed by atoms with van der Waals surface area (Å²) in [6.45, 7) is 7.31. The van der Waals surface area contributed by atoms with E-state index in [2.05, 4.69) is 5.32 Å². The Labute approximate surface area is 144 Å². The molecule has 2 atom stereocenters. The Hall–Kier alpha value is -1.88. The largest absolute Gasteiger partial charge is 0.393 e. The van der Waals surface area contributed by atoms with Crippen LogP contribution in [0.15, 0.2) is 18.2 Å². The van der Waals surface area contributed by atoms with Gasteiger partial charge in [-0.05, 0) is 52.2 Å². The van der Waals surface area contributed by atoms with Crippen LogP contribution in [0.4, 0.5) is 0 Å². The van der Waals surface area contributed by atoms with Crippen molar-refractivity contribution in [3.63, 3.8) is 0 Å². The van der Waals surface area contributed by atoms with Gasteiger partial charge in [0.25, 0.3) is 5.91 Å². The van der Waals surface area contributed by atoms with Crippen molar-refractivity contribution in [3.05, 3.63) is 34.9 Å². The summed E-state index contributed by atoms with van der Waals surface area (Å²) in [5.74, 6) is -0.181. The number of nitrogens with one attached hydrogen (secondary N) is 1. The van der Waals surface area contributed by atoms with Crippen molar-refractivity contribution in [1.29, 1.82) is 0 Å². The zero-order valence-corrected chi connectivity index (χ0v) is 14.8. The third kappa shape index (κ3) is 5.06. The molecule has 0 radical (unpaired) electrons. The Morgan fingerprint density at radius 1 is 1.29 bits per heavy atom. The molecule has 0 spiro atoms. The summed E-state index contributed by atoms with van der Waals surface area (Å²) in [4.78, 5) is 26.8. The highest BCUT2D eigenvalue weighted by Crippen LogP contribution is 2.20. The van der Waals surface area contributed by atoms with Crippen molar-refractivity contribution in [2.75, 3.05) is 19.6 Å². The topological polar surface area (TPSA) is 69.6 Å². The van der Waals surface area contributed by atoms with E-state index in [1.54, 1.807) is 11.8 Å². The first-order chi connectivity index (χ1) is 11.4. The second-order valence-electron chi connectivity index (χ2n) is 6.90. The summed E-state index contributed by atoms with van der Waals surface area (Å²) in [5.41, 5.74) is 2.84. The lowest BCUT2D eigenvalue weighted by Gasteiger charge is -2.32. The molecule has 1 saturated heterocycles. The molecule has 1 aliphatic rings. The Kier molecular flexibility index (Phi) is 6.37. The van der Waals surface area contributed by atoms with E-state index >= 15 is 0 Å². The monoisotopic (exact) mass is 332 g/mol. The van der Waals surface area contributed by atoms with Crippen molar-refractivity contribution >= 4 is 11.8 Å². The molecule has 0 saturated carbocycles. The fraction of sp³-hybridized carbons (Fsp3) is 0.579. The molecular weight excluding hydrogens is 304 g/mol. The van der Waals surface area contributed by atoms with Crippen LogP contribution >= 0.6 is 0 Å². The van der Waals surface area contributed by atoms with E-state index in [0.29, 0.717) is 31.6 Å². The van der Waals surface area contributed by atoms with Gasteiger partial charge in [-0.3, -0.25) is 9.59 Å². The summed E-state index contributed by atoms with van der Waals surface area (Å²) in [5, 5.41) is 12.1. The number of carbonyl (C=O) groups is 2. The van der Waals surface area contributed by atoms with E-state index in [9.17, 15) is 14.7 Å². The number of rotatable bonds is 5. The van der Waals surface area contributed by atoms with E-state index in [4.69, 9.17) is 0 Å². The molecule has 24 heavy (non-hydrogen) atoms. The van der Waals surface area contributed by atoms with Gasteiger partial charge in [-0.2, -0.15) is 0 Å². The number of aliphatic hydroxyl groups is 1. The van der Waals surface area contributed by atoms with Gasteiger partial charge in [0.05, 0.1) is 12.0 Å². The minimum atomic E-state index is -0.417. The minimum Gasteiger partial charge on any atom is -0.393 e. The van der Waals surface area contributed by atoms with Gasteiger partial charge >= 0.3 is 0 Å². The third-order valence-corrected chi connectivity index (χ3v) is 4.41. The quantitative estimate of drug-likeness (QED) is 0.867. The second kappa shape index (κ2) is 8.29. The molecule has 2 rings (SSSR count). The number of hydrogen-bond acceptors (Lipinski definition) is 3. The molecule has 0 aromatic heterocycles. The van der Waals surface area contributed by atoms with E-state index in [1.807, 2.05) is 32.0 Å². The van der Waals surface area contributed by atoms with Gasteiger partial charge in [0.15, 0.2) is 0 Å². The molecule has 0 unspecified atom stereocenters. The van der Waals surface area contributed by atoms with E-state index in [0.717, 1.165) is 24.0 Å². The third-order valence-electron chi connectivity index (χ3n) is 4.41. The average Bonchev–Trinajstić information content (AvgIpc) is 2.53. The Balaban J connectivity index is 1.96. The number of carbonyl (C=O) groups excluding carboxylic acids is 2. The lowest BCUT2D eigenvalue weighted by molar-refractivity contribution is -0.126. The number of aliphatic hydroxyl groups excluding tert-OH is 1. The number of piperidine rings is 1. The highest BCUT2D eigenvalue weighted by molar-refractivity contribution is 5.95. The van der Waals surface area contributed by atoms with Crippen molar-refractivity contribution < 1.29 is 14.7 Å². The maximum Gasteiger partial charge on any atom is 0.253 e. The molecule has 1 fully saturated rings. The lowest BCUT2D eigenvalue weighted by atomic mass is 9.96. The fourth-order valence-corrected chi connectivity index (χ4v) is 3.20. The first-order valence-corrected chi connectivity index (χ1v) is 8.70. The van der Waals surface area contributed by atoms with Gasteiger partial charge < -0.3 is 15.3 Å². The molecule has 2 amide bonds. The van der Waals surface area contributed by atoms with Crippen LogP contribution in [0.3, 0.4) is 0 Å². The van der Waals surface area contributed by atoms with Crippen LogP contribution in [0.5, 0.6) is 0 Å². The molecule has 1 aromatic carbocycles. The molecular formula is C19H28N2O3. The lowest BCUT2D eigenvalue weighted by Crippen LogP contribution is -2.45. The summed E-state index contributed by atoms with van der Waals surface area (Å²) in [7, 11) is 0. The molecule has 0 bridgehead atoms. The Bertz CT molecular complexity index is 578. The summed E-state index contributed by atoms with van der Waals surface area (Å²) < 4.78 is 0. The van der Waals surface area contributed by atoms with Crippen LogP contribution in [0.25, 0.3) is 0 Å². The van der Waals surface area contributed by atoms with Gasteiger partial charge in [0.1, 0.15) is 0 Å². The molecule has 5 heteroatoms. The zero-order valence-electron chi connectivity index (χ0n) is 14.8. The van der Waals surface area contributed by atoms with Gasteiger partial charge in [-0.1, -0.05) is 17.2 Å². The van der Waals surface area contributed by atoms with Gasteiger partial charge in [-0.15, -0.1) is 0 Å². The highest BCUT2D eigenvalue weighted by Gasteiger charge is 2.28. The molecule has 0 aliphatic carbocycles. The van der Waals surface area contributed by atoms with Crippen LogP contribution < -0.4 is 5.32 Å². The van der Waals surface area contributed by atoms with Crippen LogP contribution in [-0.2, 0) is 4.79 Å². The van der Waals surface area contributed by atoms with Crippen LogP contribution in [0.1, 0.15) is 47.7 Å². The fourth-order valence-electron chi connectivity index (χ4n) is 3.20.